The monoisotopic (exact) mass is 444 g/mol. The van der Waals surface area contributed by atoms with Crippen molar-refractivity contribution in [2.24, 2.45) is 0 Å². The highest BCUT2D eigenvalue weighted by Crippen LogP contribution is 2.28. The number of nitrogens with zero attached hydrogens (tertiary/aromatic N) is 2. The molecule has 32 heavy (non-hydrogen) atoms. The third-order valence-corrected chi connectivity index (χ3v) is 7.10. The minimum atomic E-state index is -0.323. The maximum Gasteiger partial charge on any atom is 0.267 e. The van der Waals surface area contributed by atoms with Crippen LogP contribution in [0.25, 0.3) is 10.9 Å². The summed E-state index contributed by atoms with van der Waals surface area (Å²) in [4.78, 5) is 32.4. The second kappa shape index (κ2) is 9.58. The van der Waals surface area contributed by atoms with Crippen molar-refractivity contribution >= 4 is 22.7 Å². The molecule has 0 spiro atoms. The number of likely N-dealkylation sites (tertiary alicyclic amines) is 1. The predicted molar refractivity (Wildman–Crippen MR) is 121 cm³/mol. The zero-order valence-electron chi connectivity index (χ0n) is 19.1. The Kier molecular flexibility index (Phi) is 6.81. The summed E-state index contributed by atoms with van der Waals surface area (Å²) >= 11 is 0. The molecule has 2 amide bonds. The summed E-state index contributed by atoms with van der Waals surface area (Å²) in [5, 5.41) is 3.61. The Bertz CT molecular complexity index is 952. The number of aromatic amines is 1. The van der Waals surface area contributed by atoms with Crippen LogP contribution in [0.15, 0.2) is 18.2 Å². The molecule has 2 N–H and O–H groups in total. The topological polar surface area (TPSA) is 77.7 Å². The van der Waals surface area contributed by atoms with Gasteiger partial charge in [-0.15, -0.1) is 0 Å². The Morgan fingerprint density at radius 2 is 2.12 bits per heavy atom. The first-order chi connectivity index (χ1) is 15.4. The minimum absolute atomic E-state index is 0.0122. The number of H-pyrrole nitrogens is 1. The van der Waals surface area contributed by atoms with Gasteiger partial charge in [0.25, 0.3) is 5.91 Å². The number of fused-ring (bicyclic) bond motifs is 1. The zero-order valence-corrected chi connectivity index (χ0v) is 19.1. The molecule has 2 fully saturated rings. The van der Waals surface area contributed by atoms with Crippen molar-refractivity contribution in [1.29, 1.82) is 0 Å². The number of ether oxygens (including phenoxy) is 1. The normalized spacial score (nSPS) is 24.1. The molecular weight excluding hydrogens is 411 g/mol. The van der Waals surface area contributed by atoms with E-state index in [1.807, 2.05) is 18.9 Å². The largest absolute Gasteiger partial charge is 0.375 e. The maximum absolute atomic E-state index is 14.1. The number of benzene rings is 1. The van der Waals surface area contributed by atoms with E-state index in [1.54, 1.807) is 12.1 Å². The van der Waals surface area contributed by atoms with Gasteiger partial charge < -0.3 is 19.9 Å². The average Bonchev–Trinajstić information content (AvgIpc) is 3.45. The SMILES string of the molecule is COCC(=O)N(C)[C@@H]1CCN([C@H]2CCC[C@@H](NC(=O)c3cc4c(F)ccc(C)c4[nH]3)C2)C1. The number of methoxy groups -OCH3 is 1. The molecule has 1 aromatic carbocycles. The summed E-state index contributed by atoms with van der Waals surface area (Å²) in [5.41, 5.74) is 1.98. The fraction of sp³-hybridized carbons (Fsp3) is 0.583. The van der Waals surface area contributed by atoms with E-state index in [2.05, 4.69) is 15.2 Å². The van der Waals surface area contributed by atoms with Gasteiger partial charge in [-0.25, -0.2) is 4.39 Å². The quantitative estimate of drug-likeness (QED) is 0.718. The molecule has 0 bridgehead atoms. The first-order valence-electron chi connectivity index (χ1n) is 11.4. The number of rotatable bonds is 6. The number of amides is 2. The molecule has 0 unspecified atom stereocenters. The Labute approximate surface area is 188 Å². The third kappa shape index (κ3) is 4.66. The first kappa shape index (κ1) is 22.7. The summed E-state index contributed by atoms with van der Waals surface area (Å²) in [6, 6.07) is 5.44. The van der Waals surface area contributed by atoms with Crippen molar-refractivity contribution in [2.45, 2.75) is 57.2 Å². The van der Waals surface area contributed by atoms with Gasteiger partial charge in [0.1, 0.15) is 18.1 Å². The number of aromatic nitrogens is 1. The van der Waals surface area contributed by atoms with Crippen LogP contribution in [0.5, 0.6) is 0 Å². The van der Waals surface area contributed by atoms with Crippen LogP contribution in [0.1, 0.15) is 48.2 Å². The number of hydrogen-bond acceptors (Lipinski definition) is 4. The highest BCUT2D eigenvalue weighted by atomic mass is 19.1. The number of aryl methyl sites for hydroxylation is 1. The standard InChI is InChI=1S/C24H33FN4O3/c1-15-7-8-20(25)19-12-21(27-23(15)19)24(31)26-16-5-4-6-17(11-16)29-10-9-18(13-29)28(2)22(30)14-32-3/h7-8,12,16-18,27H,4-6,9-11,13-14H2,1-3H3,(H,26,31)/t16-,17+,18-/m1/s1. The van der Waals surface area contributed by atoms with Crippen LogP contribution in [0, 0.1) is 12.7 Å². The summed E-state index contributed by atoms with van der Waals surface area (Å²) in [6.45, 7) is 3.83. The van der Waals surface area contributed by atoms with Gasteiger partial charge in [0.15, 0.2) is 0 Å². The lowest BCUT2D eigenvalue weighted by atomic mass is 9.90. The van der Waals surface area contributed by atoms with E-state index in [4.69, 9.17) is 4.74 Å². The predicted octanol–water partition coefficient (Wildman–Crippen LogP) is 2.84. The molecule has 8 heteroatoms. The van der Waals surface area contributed by atoms with E-state index < -0.39 is 0 Å². The maximum atomic E-state index is 14.1. The molecule has 2 aromatic rings. The van der Waals surface area contributed by atoms with E-state index in [1.165, 1.54) is 13.2 Å². The van der Waals surface area contributed by atoms with Gasteiger partial charge in [0, 0.05) is 50.8 Å². The number of nitrogens with one attached hydrogen (secondary N) is 2. The average molecular weight is 445 g/mol. The molecule has 1 saturated carbocycles. The molecule has 1 aliphatic carbocycles. The lowest BCUT2D eigenvalue weighted by molar-refractivity contribution is -0.135. The fourth-order valence-corrected chi connectivity index (χ4v) is 5.18. The number of carbonyl (C=O) groups is 2. The Hall–Kier alpha value is -2.45. The second-order valence-electron chi connectivity index (χ2n) is 9.20. The molecule has 1 aliphatic heterocycles. The summed E-state index contributed by atoms with van der Waals surface area (Å²) < 4.78 is 19.1. The van der Waals surface area contributed by atoms with E-state index in [-0.39, 0.29) is 36.3 Å². The second-order valence-corrected chi connectivity index (χ2v) is 9.20. The van der Waals surface area contributed by atoms with Gasteiger partial charge in [-0.2, -0.15) is 0 Å². The Balaban J connectivity index is 1.35. The van der Waals surface area contributed by atoms with E-state index in [0.29, 0.717) is 22.6 Å². The molecule has 1 saturated heterocycles. The molecule has 174 valence electrons. The number of halogens is 1. The van der Waals surface area contributed by atoms with Crippen molar-refractivity contribution in [1.82, 2.24) is 20.1 Å². The molecule has 2 heterocycles. The van der Waals surface area contributed by atoms with E-state index >= 15 is 0 Å². The lowest BCUT2D eigenvalue weighted by Crippen LogP contribution is -2.47. The van der Waals surface area contributed by atoms with Crippen molar-refractivity contribution in [3.05, 3.63) is 35.3 Å². The Morgan fingerprint density at radius 3 is 2.88 bits per heavy atom. The molecule has 4 rings (SSSR count). The van der Waals surface area contributed by atoms with Gasteiger partial charge in [-0.3, -0.25) is 14.5 Å². The van der Waals surface area contributed by atoms with Crippen LogP contribution in [-0.4, -0.2) is 78.6 Å². The summed E-state index contributed by atoms with van der Waals surface area (Å²) in [6.07, 6.45) is 4.95. The summed E-state index contributed by atoms with van der Waals surface area (Å²) in [5.74, 6) is -0.496. The highest BCUT2D eigenvalue weighted by molar-refractivity contribution is 5.99. The van der Waals surface area contributed by atoms with Crippen LogP contribution in [-0.2, 0) is 9.53 Å². The first-order valence-corrected chi connectivity index (χ1v) is 11.4. The van der Waals surface area contributed by atoms with Gasteiger partial charge in [0.05, 0.1) is 5.52 Å². The molecular formula is C24H33FN4O3. The van der Waals surface area contributed by atoms with Crippen molar-refractivity contribution in [3.63, 3.8) is 0 Å². The molecule has 7 nitrogen and oxygen atoms in total. The Morgan fingerprint density at radius 1 is 1.31 bits per heavy atom. The van der Waals surface area contributed by atoms with Gasteiger partial charge >= 0.3 is 0 Å². The van der Waals surface area contributed by atoms with Crippen LogP contribution >= 0.6 is 0 Å². The highest BCUT2D eigenvalue weighted by Gasteiger charge is 2.35. The minimum Gasteiger partial charge on any atom is -0.375 e. The van der Waals surface area contributed by atoms with Crippen LogP contribution in [0.4, 0.5) is 4.39 Å². The summed E-state index contributed by atoms with van der Waals surface area (Å²) in [7, 11) is 3.39. The van der Waals surface area contributed by atoms with Gasteiger partial charge in [-0.1, -0.05) is 6.07 Å². The zero-order chi connectivity index (χ0) is 22.8. The third-order valence-electron chi connectivity index (χ3n) is 7.10. The lowest BCUT2D eigenvalue weighted by Gasteiger charge is -2.36. The smallest absolute Gasteiger partial charge is 0.267 e. The van der Waals surface area contributed by atoms with Crippen LogP contribution in [0.3, 0.4) is 0 Å². The van der Waals surface area contributed by atoms with Gasteiger partial charge in [-0.05, 0) is 56.7 Å². The van der Waals surface area contributed by atoms with Gasteiger partial charge in [0.2, 0.25) is 5.91 Å². The van der Waals surface area contributed by atoms with Crippen LogP contribution in [0.2, 0.25) is 0 Å². The van der Waals surface area contributed by atoms with Crippen molar-refractivity contribution in [2.75, 3.05) is 33.9 Å². The van der Waals surface area contributed by atoms with Crippen molar-refractivity contribution < 1.29 is 18.7 Å². The molecule has 0 radical (unpaired) electrons. The van der Waals surface area contributed by atoms with Crippen molar-refractivity contribution in [3.8, 4) is 0 Å². The molecule has 2 aliphatic rings. The van der Waals surface area contributed by atoms with E-state index in [9.17, 15) is 14.0 Å². The molecule has 1 aromatic heterocycles. The van der Waals surface area contributed by atoms with E-state index in [0.717, 1.165) is 50.8 Å². The fourth-order valence-electron chi connectivity index (χ4n) is 5.18. The molecule has 3 atom stereocenters. The number of hydrogen-bond donors (Lipinski definition) is 2. The number of likely N-dealkylation sites (N-methyl/N-ethyl adjacent to an activating group) is 1. The van der Waals surface area contributed by atoms with Crippen LogP contribution < -0.4 is 5.32 Å². The number of carbonyl (C=O) groups excluding carboxylic acids is 2.